The Morgan fingerprint density at radius 1 is 1.33 bits per heavy atom. The van der Waals surface area contributed by atoms with Crippen LogP contribution in [0.15, 0.2) is 18.2 Å². The van der Waals surface area contributed by atoms with Crippen LogP contribution in [0.25, 0.3) is 10.9 Å². The van der Waals surface area contributed by atoms with Crippen molar-refractivity contribution in [3.05, 3.63) is 35.3 Å². The fourth-order valence-corrected chi connectivity index (χ4v) is 5.07. The fourth-order valence-electron chi connectivity index (χ4n) is 5.07. The van der Waals surface area contributed by atoms with Crippen LogP contribution in [0.3, 0.4) is 0 Å². The molecule has 1 saturated carbocycles. The second-order valence-corrected chi connectivity index (χ2v) is 8.98. The molecule has 3 N–H and O–H groups in total. The first kappa shape index (κ1) is 19.5. The lowest BCUT2D eigenvalue weighted by molar-refractivity contribution is -0.181. The van der Waals surface area contributed by atoms with Crippen LogP contribution in [0, 0.1) is 12.7 Å². The maximum atomic E-state index is 14.1. The number of carbonyl (C=O) groups is 2. The molecule has 0 bridgehead atoms. The van der Waals surface area contributed by atoms with Crippen molar-refractivity contribution in [2.45, 2.75) is 50.3 Å². The Labute approximate surface area is 174 Å². The number of benzene rings is 1. The lowest BCUT2D eigenvalue weighted by atomic mass is 9.84. The van der Waals surface area contributed by atoms with Crippen molar-refractivity contribution >= 4 is 22.7 Å². The number of morpholine rings is 1. The number of hydrogen-bond donors (Lipinski definition) is 3. The van der Waals surface area contributed by atoms with Crippen LogP contribution >= 0.6 is 0 Å². The number of fused-ring (bicyclic) bond motifs is 1. The molecule has 30 heavy (non-hydrogen) atoms. The van der Waals surface area contributed by atoms with Crippen LogP contribution in [0.4, 0.5) is 4.39 Å². The number of nitrogens with one attached hydrogen (secondary N) is 3. The number of ether oxygens (including phenoxy) is 1. The minimum absolute atomic E-state index is 0.0495. The highest BCUT2D eigenvalue weighted by atomic mass is 19.1. The predicted octanol–water partition coefficient (Wildman–Crippen LogP) is 1.86. The summed E-state index contributed by atoms with van der Waals surface area (Å²) in [6, 6.07) is 5.24. The van der Waals surface area contributed by atoms with Crippen molar-refractivity contribution in [1.82, 2.24) is 20.5 Å². The van der Waals surface area contributed by atoms with Gasteiger partial charge in [-0.1, -0.05) is 6.07 Å². The molecule has 2 aromatic rings. The van der Waals surface area contributed by atoms with E-state index in [4.69, 9.17) is 4.74 Å². The summed E-state index contributed by atoms with van der Waals surface area (Å²) in [6.07, 6.45) is 3.99. The highest BCUT2D eigenvalue weighted by molar-refractivity contribution is 5.99. The van der Waals surface area contributed by atoms with E-state index in [0.29, 0.717) is 29.2 Å². The van der Waals surface area contributed by atoms with Crippen molar-refractivity contribution in [2.24, 2.45) is 0 Å². The van der Waals surface area contributed by atoms with E-state index in [9.17, 15) is 14.0 Å². The molecule has 2 saturated heterocycles. The predicted molar refractivity (Wildman–Crippen MR) is 110 cm³/mol. The highest BCUT2D eigenvalue weighted by Crippen LogP contribution is 2.34. The normalized spacial score (nSPS) is 26.4. The maximum absolute atomic E-state index is 14.1. The quantitative estimate of drug-likeness (QED) is 0.716. The first-order valence-corrected chi connectivity index (χ1v) is 10.7. The monoisotopic (exact) mass is 414 g/mol. The number of aromatic amines is 1. The summed E-state index contributed by atoms with van der Waals surface area (Å²) in [4.78, 5) is 29.6. The van der Waals surface area contributed by atoms with E-state index in [0.717, 1.165) is 44.3 Å². The molecule has 3 heterocycles. The second kappa shape index (κ2) is 7.35. The van der Waals surface area contributed by atoms with E-state index >= 15 is 0 Å². The van der Waals surface area contributed by atoms with Crippen LogP contribution in [0.5, 0.6) is 0 Å². The third-order valence-electron chi connectivity index (χ3n) is 6.79. The zero-order valence-electron chi connectivity index (χ0n) is 17.1. The van der Waals surface area contributed by atoms with Gasteiger partial charge in [0.2, 0.25) is 5.91 Å². The minimum Gasteiger partial charge on any atom is -0.361 e. The van der Waals surface area contributed by atoms with E-state index in [-0.39, 0.29) is 35.9 Å². The smallest absolute Gasteiger partial charge is 0.267 e. The molecule has 0 unspecified atom stereocenters. The van der Waals surface area contributed by atoms with Crippen LogP contribution < -0.4 is 10.6 Å². The van der Waals surface area contributed by atoms with Crippen LogP contribution in [-0.2, 0) is 9.53 Å². The van der Waals surface area contributed by atoms with E-state index < -0.39 is 0 Å². The zero-order valence-corrected chi connectivity index (χ0v) is 17.1. The molecule has 5 rings (SSSR count). The van der Waals surface area contributed by atoms with Gasteiger partial charge in [0.15, 0.2) is 0 Å². The zero-order chi connectivity index (χ0) is 20.9. The number of nitrogens with zero attached hydrogens (tertiary/aromatic N) is 1. The SMILES string of the molecule is Cc1ccc(F)c2cc(C(=O)N[C@@H]3CCC[C@H](N4CC5(CNC(=O)CO5)C4)C3)[nH]c12. The number of aryl methyl sites for hydroxylation is 1. The summed E-state index contributed by atoms with van der Waals surface area (Å²) in [5.74, 6) is -0.558. The van der Waals surface area contributed by atoms with Gasteiger partial charge >= 0.3 is 0 Å². The van der Waals surface area contributed by atoms with Crippen molar-refractivity contribution in [3.63, 3.8) is 0 Å². The molecule has 160 valence electrons. The topological polar surface area (TPSA) is 86.5 Å². The average Bonchev–Trinajstić information content (AvgIpc) is 3.17. The van der Waals surface area contributed by atoms with Gasteiger partial charge in [-0.25, -0.2) is 4.39 Å². The summed E-state index contributed by atoms with van der Waals surface area (Å²) < 4.78 is 19.8. The molecule has 1 aromatic heterocycles. The molecule has 1 aliphatic carbocycles. The van der Waals surface area contributed by atoms with Crippen LogP contribution in [0.1, 0.15) is 41.7 Å². The van der Waals surface area contributed by atoms with Crippen molar-refractivity contribution in [1.29, 1.82) is 0 Å². The molecular weight excluding hydrogens is 387 g/mol. The van der Waals surface area contributed by atoms with Gasteiger partial charge < -0.3 is 20.4 Å². The summed E-state index contributed by atoms with van der Waals surface area (Å²) in [6.45, 7) is 4.25. The standard InChI is InChI=1S/C22H27FN4O3/c1-13-5-6-17(23)16-8-18(26-20(13)16)21(29)25-14-3-2-4-15(7-14)27-11-22(12-27)10-24-19(28)9-30-22/h5-6,8,14-15,26H,2-4,7,9-12H2,1H3,(H,24,28)(H,25,29)/t14-,15+/m1/s1. The largest absolute Gasteiger partial charge is 0.361 e. The molecule has 2 aliphatic heterocycles. The number of aromatic nitrogens is 1. The Balaban J connectivity index is 1.20. The van der Waals surface area contributed by atoms with Gasteiger partial charge in [-0.15, -0.1) is 0 Å². The minimum atomic E-state index is -0.323. The molecule has 8 heteroatoms. The summed E-state index contributed by atoms with van der Waals surface area (Å²) >= 11 is 0. The average molecular weight is 414 g/mol. The molecule has 1 aromatic carbocycles. The van der Waals surface area contributed by atoms with Crippen molar-refractivity contribution in [2.75, 3.05) is 26.2 Å². The Morgan fingerprint density at radius 3 is 2.90 bits per heavy atom. The van der Waals surface area contributed by atoms with Crippen LogP contribution in [-0.4, -0.2) is 65.6 Å². The Kier molecular flexibility index (Phi) is 4.78. The van der Waals surface area contributed by atoms with Gasteiger partial charge in [0.1, 0.15) is 23.7 Å². The van der Waals surface area contributed by atoms with Crippen molar-refractivity contribution in [3.8, 4) is 0 Å². The van der Waals surface area contributed by atoms with E-state index in [1.54, 1.807) is 12.1 Å². The molecule has 7 nitrogen and oxygen atoms in total. The molecule has 0 radical (unpaired) electrons. The van der Waals surface area contributed by atoms with Gasteiger partial charge in [0.05, 0.1) is 5.52 Å². The summed E-state index contributed by atoms with van der Waals surface area (Å²) in [5, 5.41) is 6.48. The molecule has 1 spiro atoms. The Bertz CT molecular complexity index is 947. The Morgan fingerprint density at radius 2 is 2.17 bits per heavy atom. The van der Waals surface area contributed by atoms with Gasteiger partial charge in [0.25, 0.3) is 5.91 Å². The second-order valence-electron chi connectivity index (χ2n) is 8.98. The van der Waals surface area contributed by atoms with Gasteiger partial charge in [-0.2, -0.15) is 0 Å². The third kappa shape index (κ3) is 3.48. The van der Waals surface area contributed by atoms with E-state index in [1.165, 1.54) is 6.07 Å². The number of hydrogen-bond acceptors (Lipinski definition) is 4. The van der Waals surface area contributed by atoms with E-state index in [1.807, 2.05) is 6.92 Å². The lowest BCUT2D eigenvalue weighted by Gasteiger charge is -2.55. The summed E-state index contributed by atoms with van der Waals surface area (Å²) in [7, 11) is 0. The molecule has 2 atom stereocenters. The summed E-state index contributed by atoms with van der Waals surface area (Å²) in [5.41, 5.74) is 1.74. The number of H-pyrrole nitrogens is 1. The molecule has 3 aliphatic rings. The first-order chi connectivity index (χ1) is 14.4. The maximum Gasteiger partial charge on any atom is 0.267 e. The first-order valence-electron chi connectivity index (χ1n) is 10.7. The Hall–Kier alpha value is -2.45. The number of likely N-dealkylation sites (tertiary alicyclic amines) is 1. The van der Waals surface area contributed by atoms with Crippen LogP contribution in [0.2, 0.25) is 0 Å². The van der Waals surface area contributed by atoms with E-state index in [2.05, 4.69) is 20.5 Å². The molecular formula is C22H27FN4O3. The number of amides is 2. The number of rotatable bonds is 3. The number of halogens is 1. The third-order valence-corrected chi connectivity index (χ3v) is 6.79. The molecule has 3 fully saturated rings. The van der Waals surface area contributed by atoms with Gasteiger partial charge in [0, 0.05) is 37.1 Å². The van der Waals surface area contributed by atoms with Gasteiger partial charge in [-0.3, -0.25) is 14.5 Å². The lowest BCUT2D eigenvalue weighted by Crippen LogP contribution is -2.72. The van der Waals surface area contributed by atoms with Gasteiger partial charge in [-0.05, 0) is 50.3 Å². The van der Waals surface area contributed by atoms with Crippen molar-refractivity contribution < 1.29 is 18.7 Å². The highest BCUT2D eigenvalue weighted by Gasteiger charge is 2.49. The fraction of sp³-hybridized carbons (Fsp3) is 0.545. The molecule has 2 amide bonds. The number of carbonyl (C=O) groups excluding carboxylic acids is 2.